The number of rotatable bonds is 9. The number of aryl methyl sites for hydroxylation is 1. The van der Waals surface area contributed by atoms with Gasteiger partial charge in [0.05, 0.1) is 12.6 Å². The van der Waals surface area contributed by atoms with Crippen LogP contribution < -0.4 is 10.6 Å². The minimum atomic E-state index is 0.0634. The molecule has 1 fully saturated rings. The Morgan fingerprint density at radius 3 is 2.74 bits per heavy atom. The van der Waals surface area contributed by atoms with Crippen LogP contribution in [0.5, 0.6) is 0 Å². The molecule has 0 radical (unpaired) electrons. The first kappa shape index (κ1) is 21.7. The Morgan fingerprint density at radius 1 is 1.30 bits per heavy atom. The van der Waals surface area contributed by atoms with Crippen LogP contribution in [0.2, 0.25) is 0 Å². The van der Waals surface area contributed by atoms with Crippen molar-refractivity contribution in [1.29, 1.82) is 0 Å². The summed E-state index contributed by atoms with van der Waals surface area (Å²) in [4.78, 5) is 23.7. The van der Waals surface area contributed by atoms with Gasteiger partial charge in [-0.3, -0.25) is 9.69 Å². The number of aliphatic imine (C=N–C) groups is 1. The number of thiophene rings is 1. The van der Waals surface area contributed by atoms with Gasteiger partial charge in [0.1, 0.15) is 0 Å². The Balaban J connectivity index is 1.76. The topological polar surface area (TPSA) is 60.0 Å². The SMILES string of the molecule is CCNC(=NCc1ccc(CC)s1)NCCCN1CCCC1C(=O)N(C)C. The second kappa shape index (κ2) is 11.3. The molecular weight excluding hydrogens is 358 g/mol. The lowest BCUT2D eigenvalue weighted by molar-refractivity contribution is -0.133. The van der Waals surface area contributed by atoms with Gasteiger partial charge >= 0.3 is 0 Å². The first-order valence-electron chi connectivity index (χ1n) is 10.1. The molecule has 0 bridgehead atoms. The molecule has 2 heterocycles. The van der Waals surface area contributed by atoms with E-state index in [0.29, 0.717) is 6.54 Å². The predicted molar refractivity (Wildman–Crippen MR) is 114 cm³/mol. The average molecular weight is 394 g/mol. The van der Waals surface area contributed by atoms with Gasteiger partial charge in [-0.15, -0.1) is 11.3 Å². The van der Waals surface area contributed by atoms with E-state index in [1.165, 1.54) is 9.75 Å². The van der Waals surface area contributed by atoms with Gasteiger partial charge in [-0.25, -0.2) is 4.99 Å². The fraction of sp³-hybridized carbons (Fsp3) is 0.700. The summed E-state index contributed by atoms with van der Waals surface area (Å²) >= 11 is 1.84. The van der Waals surface area contributed by atoms with E-state index in [9.17, 15) is 4.79 Å². The molecule has 1 saturated heterocycles. The number of hydrogen-bond donors (Lipinski definition) is 2. The lowest BCUT2D eigenvalue weighted by atomic mass is 10.2. The maximum absolute atomic E-state index is 12.3. The number of carbonyl (C=O) groups excluding carboxylic acids is 1. The summed E-state index contributed by atoms with van der Waals surface area (Å²) in [5.74, 6) is 1.10. The Kier molecular flexibility index (Phi) is 9.07. The molecule has 6 nitrogen and oxygen atoms in total. The van der Waals surface area contributed by atoms with Crippen molar-refractivity contribution in [2.45, 2.75) is 52.1 Å². The molecule has 0 aliphatic carbocycles. The van der Waals surface area contributed by atoms with Gasteiger partial charge in [0.15, 0.2) is 5.96 Å². The van der Waals surface area contributed by atoms with E-state index in [0.717, 1.165) is 57.8 Å². The quantitative estimate of drug-likeness (QED) is 0.384. The average Bonchev–Trinajstić information content (AvgIpc) is 3.31. The van der Waals surface area contributed by atoms with Crippen LogP contribution in [0.15, 0.2) is 17.1 Å². The molecule has 1 atom stereocenters. The lowest BCUT2D eigenvalue weighted by Crippen LogP contribution is -2.44. The number of likely N-dealkylation sites (tertiary alicyclic amines) is 1. The van der Waals surface area contributed by atoms with Crippen molar-refractivity contribution < 1.29 is 4.79 Å². The predicted octanol–water partition coefficient (Wildman–Crippen LogP) is 2.31. The molecule has 1 unspecified atom stereocenters. The molecule has 1 amide bonds. The maximum Gasteiger partial charge on any atom is 0.239 e. The van der Waals surface area contributed by atoms with Gasteiger partial charge in [-0.05, 0) is 51.3 Å². The second-order valence-electron chi connectivity index (χ2n) is 7.12. The van der Waals surface area contributed by atoms with Gasteiger partial charge in [0.2, 0.25) is 5.91 Å². The highest BCUT2D eigenvalue weighted by molar-refractivity contribution is 7.11. The van der Waals surface area contributed by atoms with E-state index in [-0.39, 0.29) is 11.9 Å². The van der Waals surface area contributed by atoms with Crippen molar-refractivity contribution in [3.63, 3.8) is 0 Å². The highest BCUT2D eigenvalue weighted by Crippen LogP contribution is 2.19. The molecule has 1 aromatic rings. The molecule has 152 valence electrons. The molecular formula is C20H35N5OS. The zero-order valence-corrected chi connectivity index (χ0v) is 18.1. The summed E-state index contributed by atoms with van der Waals surface area (Å²) in [7, 11) is 3.69. The van der Waals surface area contributed by atoms with Crippen LogP contribution in [-0.2, 0) is 17.8 Å². The molecule has 1 aromatic heterocycles. The maximum atomic E-state index is 12.3. The molecule has 0 saturated carbocycles. The normalized spacial score (nSPS) is 17.9. The molecule has 1 aliphatic heterocycles. The molecule has 1 aliphatic rings. The first-order valence-corrected chi connectivity index (χ1v) is 10.9. The smallest absolute Gasteiger partial charge is 0.239 e. The van der Waals surface area contributed by atoms with Gasteiger partial charge in [0.25, 0.3) is 0 Å². The zero-order chi connectivity index (χ0) is 19.6. The van der Waals surface area contributed by atoms with Gasteiger partial charge in [-0.2, -0.15) is 0 Å². The lowest BCUT2D eigenvalue weighted by Gasteiger charge is -2.26. The Bertz CT molecular complexity index is 613. The van der Waals surface area contributed by atoms with Crippen LogP contribution >= 0.6 is 11.3 Å². The third kappa shape index (κ3) is 6.81. The van der Waals surface area contributed by atoms with E-state index in [4.69, 9.17) is 4.99 Å². The largest absolute Gasteiger partial charge is 0.357 e. The minimum Gasteiger partial charge on any atom is -0.357 e. The number of carbonyl (C=O) groups is 1. The highest BCUT2D eigenvalue weighted by atomic mass is 32.1. The van der Waals surface area contributed by atoms with Crippen LogP contribution in [0.3, 0.4) is 0 Å². The summed E-state index contributed by atoms with van der Waals surface area (Å²) in [6.07, 6.45) is 4.18. The van der Waals surface area contributed by atoms with Crippen LogP contribution in [0.1, 0.15) is 42.9 Å². The van der Waals surface area contributed by atoms with Crippen molar-refractivity contribution >= 4 is 23.2 Å². The van der Waals surface area contributed by atoms with Crippen molar-refractivity contribution in [1.82, 2.24) is 20.4 Å². The van der Waals surface area contributed by atoms with Crippen LogP contribution in [0.25, 0.3) is 0 Å². The van der Waals surface area contributed by atoms with E-state index in [2.05, 4.69) is 41.5 Å². The van der Waals surface area contributed by atoms with Crippen LogP contribution in [0, 0.1) is 0 Å². The summed E-state index contributed by atoms with van der Waals surface area (Å²) in [6, 6.07) is 4.43. The molecule has 7 heteroatoms. The first-order chi connectivity index (χ1) is 13.0. The van der Waals surface area contributed by atoms with Crippen molar-refractivity contribution in [3.05, 3.63) is 21.9 Å². The molecule has 2 N–H and O–H groups in total. The minimum absolute atomic E-state index is 0.0634. The summed E-state index contributed by atoms with van der Waals surface area (Å²) in [6.45, 7) is 8.65. The molecule has 0 spiro atoms. The number of nitrogens with zero attached hydrogens (tertiary/aromatic N) is 3. The van der Waals surface area contributed by atoms with Crippen molar-refractivity contribution in [3.8, 4) is 0 Å². The number of nitrogens with one attached hydrogen (secondary N) is 2. The Morgan fingerprint density at radius 2 is 2.07 bits per heavy atom. The third-order valence-electron chi connectivity index (χ3n) is 4.81. The molecule has 2 rings (SSSR count). The number of likely N-dealkylation sites (N-methyl/N-ethyl adjacent to an activating group) is 1. The van der Waals surface area contributed by atoms with Crippen LogP contribution in [0.4, 0.5) is 0 Å². The van der Waals surface area contributed by atoms with Gasteiger partial charge < -0.3 is 15.5 Å². The van der Waals surface area contributed by atoms with Gasteiger partial charge in [0, 0.05) is 43.5 Å². The Labute approximate surface area is 168 Å². The fourth-order valence-electron chi connectivity index (χ4n) is 3.36. The second-order valence-corrected chi connectivity index (χ2v) is 8.38. The standard InChI is InChI=1S/C20H35N5OS/c1-5-16-10-11-17(27-16)15-23-20(21-6-2)22-12-8-14-25-13-7-9-18(25)19(26)24(3)4/h10-11,18H,5-9,12-15H2,1-4H3,(H2,21,22,23). The number of hydrogen-bond acceptors (Lipinski definition) is 4. The van der Waals surface area contributed by atoms with E-state index in [1.54, 1.807) is 4.90 Å². The van der Waals surface area contributed by atoms with E-state index >= 15 is 0 Å². The molecule has 0 aromatic carbocycles. The summed E-state index contributed by atoms with van der Waals surface area (Å²) in [5, 5.41) is 6.74. The summed E-state index contributed by atoms with van der Waals surface area (Å²) < 4.78 is 0. The highest BCUT2D eigenvalue weighted by Gasteiger charge is 2.30. The van der Waals surface area contributed by atoms with E-state index < -0.39 is 0 Å². The van der Waals surface area contributed by atoms with Crippen molar-refractivity contribution in [2.75, 3.05) is 40.3 Å². The monoisotopic (exact) mass is 393 g/mol. The van der Waals surface area contributed by atoms with E-state index in [1.807, 2.05) is 25.4 Å². The number of amides is 1. The molecule has 27 heavy (non-hydrogen) atoms. The van der Waals surface area contributed by atoms with Gasteiger partial charge in [-0.1, -0.05) is 6.92 Å². The summed E-state index contributed by atoms with van der Waals surface area (Å²) in [5.41, 5.74) is 0. The number of guanidine groups is 1. The van der Waals surface area contributed by atoms with Crippen LogP contribution in [-0.4, -0.2) is 68.0 Å². The third-order valence-corrected chi connectivity index (χ3v) is 6.02. The fourth-order valence-corrected chi connectivity index (χ4v) is 4.24. The zero-order valence-electron chi connectivity index (χ0n) is 17.3. The van der Waals surface area contributed by atoms with Crippen molar-refractivity contribution in [2.24, 2.45) is 4.99 Å². The Hall–Kier alpha value is -1.60.